The van der Waals surface area contributed by atoms with Crippen LogP contribution in [0, 0.1) is 0 Å². The summed E-state index contributed by atoms with van der Waals surface area (Å²) in [5.41, 5.74) is 19.0. The van der Waals surface area contributed by atoms with Crippen LogP contribution in [0.2, 0.25) is 0 Å². The van der Waals surface area contributed by atoms with Crippen molar-refractivity contribution in [1.29, 1.82) is 0 Å². The van der Waals surface area contributed by atoms with Gasteiger partial charge in [0, 0.05) is 27.9 Å². The van der Waals surface area contributed by atoms with Crippen molar-refractivity contribution < 1.29 is 0 Å². The molecule has 0 bridgehead atoms. The molecule has 8 aromatic carbocycles. The van der Waals surface area contributed by atoms with Crippen molar-refractivity contribution in [2.75, 3.05) is 4.90 Å². The van der Waals surface area contributed by atoms with Gasteiger partial charge in [0.15, 0.2) is 0 Å². The zero-order chi connectivity index (χ0) is 35.9. The maximum atomic E-state index is 2.46. The third kappa shape index (κ3) is 4.91. The highest BCUT2D eigenvalue weighted by atomic mass is 15.1. The summed E-state index contributed by atoms with van der Waals surface area (Å²) < 4.78 is 0. The van der Waals surface area contributed by atoms with E-state index in [9.17, 15) is 0 Å². The van der Waals surface area contributed by atoms with Crippen molar-refractivity contribution in [3.63, 3.8) is 0 Å². The molecule has 0 amide bonds. The third-order valence-corrected chi connectivity index (χ3v) is 12.0. The minimum Gasteiger partial charge on any atom is -0.310 e. The minimum atomic E-state index is -0.0927. The molecule has 8 aromatic rings. The number of nitrogens with zero attached hydrogens (tertiary/aromatic N) is 1. The van der Waals surface area contributed by atoms with Gasteiger partial charge in [0.05, 0.1) is 0 Å². The fourth-order valence-electron chi connectivity index (χ4n) is 9.19. The second-order valence-electron chi connectivity index (χ2n) is 15.8. The summed E-state index contributed by atoms with van der Waals surface area (Å²) in [7, 11) is 0. The molecule has 0 fully saturated rings. The Morgan fingerprint density at radius 1 is 0.302 bits per heavy atom. The van der Waals surface area contributed by atoms with Crippen LogP contribution in [0.4, 0.5) is 17.1 Å². The summed E-state index contributed by atoms with van der Waals surface area (Å²) in [5, 5.41) is 2.57. The van der Waals surface area contributed by atoms with Gasteiger partial charge >= 0.3 is 0 Å². The Bertz CT molecular complexity index is 2730. The van der Waals surface area contributed by atoms with Gasteiger partial charge < -0.3 is 4.90 Å². The molecule has 0 heterocycles. The normalized spacial score (nSPS) is 14.3. The molecule has 0 aliphatic heterocycles. The lowest BCUT2D eigenvalue weighted by atomic mass is 9.82. The smallest absolute Gasteiger partial charge is 0.0468 e. The molecule has 53 heavy (non-hydrogen) atoms. The summed E-state index contributed by atoms with van der Waals surface area (Å²) in [6.45, 7) is 9.45. The van der Waals surface area contributed by atoms with Gasteiger partial charge in [-0.1, -0.05) is 149 Å². The summed E-state index contributed by atoms with van der Waals surface area (Å²) in [5.74, 6) is 0. The maximum absolute atomic E-state index is 2.46. The molecule has 0 unspecified atom stereocenters. The number of hydrogen-bond donors (Lipinski definition) is 0. The molecule has 0 N–H and O–H groups in total. The fourth-order valence-corrected chi connectivity index (χ4v) is 9.19. The van der Waals surface area contributed by atoms with E-state index >= 15 is 0 Å². The molecule has 254 valence electrons. The van der Waals surface area contributed by atoms with Crippen molar-refractivity contribution in [2.24, 2.45) is 0 Å². The lowest BCUT2D eigenvalue weighted by Gasteiger charge is -2.28. The van der Waals surface area contributed by atoms with Gasteiger partial charge in [-0.15, -0.1) is 0 Å². The second kappa shape index (κ2) is 11.7. The molecule has 0 saturated heterocycles. The van der Waals surface area contributed by atoms with Crippen LogP contribution in [-0.4, -0.2) is 0 Å². The first-order valence-electron chi connectivity index (χ1n) is 18.8. The Balaban J connectivity index is 1.16. The van der Waals surface area contributed by atoms with E-state index in [1.54, 1.807) is 0 Å². The van der Waals surface area contributed by atoms with Gasteiger partial charge in [-0.3, -0.25) is 0 Å². The Morgan fingerprint density at radius 3 is 1.49 bits per heavy atom. The van der Waals surface area contributed by atoms with Crippen LogP contribution in [-0.2, 0) is 10.8 Å². The zero-order valence-corrected chi connectivity index (χ0v) is 30.7. The van der Waals surface area contributed by atoms with Gasteiger partial charge in [-0.05, 0) is 132 Å². The van der Waals surface area contributed by atoms with Crippen LogP contribution in [0.15, 0.2) is 176 Å². The molecule has 0 saturated carbocycles. The van der Waals surface area contributed by atoms with Crippen LogP contribution in [0.5, 0.6) is 0 Å². The molecular weight excluding hydrogens is 639 g/mol. The third-order valence-electron chi connectivity index (χ3n) is 12.0. The van der Waals surface area contributed by atoms with Crippen LogP contribution >= 0.6 is 0 Å². The van der Waals surface area contributed by atoms with E-state index in [-0.39, 0.29) is 10.8 Å². The van der Waals surface area contributed by atoms with Crippen LogP contribution in [0.1, 0.15) is 49.9 Å². The van der Waals surface area contributed by atoms with Gasteiger partial charge in [0.1, 0.15) is 0 Å². The van der Waals surface area contributed by atoms with E-state index < -0.39 is 0 Å². The first-order valence-corrected chi connectivity index (χ1v) is 18.8. The largest absolute Gasteiger partial charge is 0.310 e. The minimum absolute atomic E-state index is 0.0510. The molecule has 1 heteroatoms. The predicted molar refractivity (Wildman–Crippen MR) is 225 cm³/mol. The molecule has 0 spiro atoms. The average molecular weight is 680 g/mol. The molecule has 2 aliphatic carbocycles. The van der Waals surface area contributed by atoms with Crippen LogP contribution in [0.3, 0.4) is 0 Å². The lowest BCUT2D eigenvalue weighted by Crippen LogP contribution is -2.16. The highest BCUT2D eigenvalue weighted by molar-refractivity contribution is 5.95. The van der Waals surface area contributed by atoms with E-state index in [1.165, 1.54) is 77.5 Å². The van der Waals surface area contributed by atoms with Crippen molar-refractivity contribution >= 4 is 27.8 Å². The molecule has 0 radical (unpaired) electrons. The summed E-state index contributed by atoms with van der Waals surface area (Å²) in [6.07, 6.45) is 0. The van der Waals surface area contributed by atoms with E-state index in [4.69, 9.17) is 0 Å². The predicted octanol–water partition coefficient (Wildman–Crippen LogP) is 14.3. The molecule has 0 aromatic heterocycles. The number of benzene rings is 8. The first kappa shape index (κ1) is 31.5. The van der Waals surface area contributed by atoms with E-state index in [1.807, 2.05) is 0 Å². The van der Waals surface area contributed by atoms with Gasteiger partial charge in [-0.25, -0.2) is 0 Å². The zero-order valence-electron chi connectivity index (χ0n) is 30.7. The van der Waals surface area contributed by atoms with Crippen LogP contribution in [0.25, 0.3) is 55.3 Å². The SMILES string of the molecule is CC1(C)c2ccccc2-c2cc(N(c3cccc(-c4cccc(-c5ccccc5)c4)c3)c3ccc4c(c3)-c3cc5ccccc5cc3C4(C)C)ccc21. The highest BCUT2D eigenvalue weighted by Crippen LogP contribution is 2.53. The number of anilines is 3. The molecule has 0 atom stereocenters. The standard InChI is InChI=1S/C52H41N/c1-51(2)47-23-11-10-22-43(47)45-32-41(24-26-48(45)51)53(40-21-13-20-37(29-40)36-19-12-18-35(28-36)34-14-6-5-7-15-34)42-25-27-49-46(33-42)44-30-38-16-8-9-17-39(38)31-50(44)52(49,3)4/h5-33H,1-4H3. The van der Waals surface area contributed by atoms with Gasteiger partial charge in [0.25, 0.3) is 0 Å². The number of rotatable bonds is 5. The summed E-state index contributed by atoms with van der Waals surface area (Å²) in [6, 6.07) is 65.4. The van der Waals surface area contributed by atoms with E-state index in [0.717, 1.165) is 17.1 Å². The first-order chi connectivity index (χ1) is 25.8. The summed E-state index contributed by atoms with van der Waals surface area (Å²) >= 11 is 0. The van der Waals surface area contributed by atoms with Crippen LogP contribution < -0.4 is 4.90 Å². The van der Waals surface area contributed by atoms with E-state index in [2.05, 4.69) is 209 Å². The fraction of sp³-hybridized carbons (Fsp3) is 0.115. The lowest BCUT2D eigenvalue weighted by molar-refractivity contribution is 0.660. The van der Waals surface area contributed by atoms with E-state index in [0.29, 0.717) is 0 Å². The Hall–Kier alpha value is -6.18. The molecule has 1 nitrogen and oxygen atoms in total. The van der Waals surface area contributed by atoms with Crippen molar-refractivity contribution in [3.8, 4) is 44.5 Å². The average Bonchev–Trinajstić information content (AvgIpc) is 3.56. The maximum Gasteiger partial charge on any atom is 0.0468 e. The van der Waals surface area contributed by atoms with Gasteiger partial charge in [-0.2, -0.15) is 0 Å². The monoisotopic (exact) mass is 679 g/mol. The topological polar surface area (TPSA) is 3.24 Å². The molecule has 2 aliphatic rings. The Labute approximate surface area is 312 Å². The second-order valence-corrected chi connectivity index (χ2v) is 15.8. The highest BCUT2D eigenvalue weighted by Gasteiger charge is 2.37. The van der Waals surface area contributed by atoms with Crippen molar-refractivity contribution in [1.82, 2.24) is 0 Å². The van der Waals surface area contributed by atoms with Crippen molar-refractivity contribution in [3.05, 3.63) is 198 Å². The quantitative estimate of drug-likeness (QED) is 0.175. The Morgan fingerprint density at radius 2 is 0.774 bits per heavy atom. The van der Waals surface area contributed by atoms with Crippen molar-refractivity contribution in [2.45, 2.75) is 38.5 Å². The molecule has 10 rings (SSSR count). The number of fused-ring (bicyclic) bond motifs is 7. The summed E-state index contributed by atoms with van der Waals surface area (Å²) in [4.78, 5) is 2.46. The number of hydrogen-bond acceptors (Lipinski definition) is 1. The Kier molecular flexibility index (Phi) is 6.94. The molecular formula is C52H41N. The van der Waals surface area contributed by atoms with Gasteiger partial charge in [0.2, 0.25) is 0 Å².